The SMILES string of the molecule is CCCn1ncc(OC)c1C(=O)C1(CN)CC1. The summed E-state index contributed by atoms with van der Waals surface area (Å²) >= 11 is 0. The zero-order chi connectivity index (χ0) is 12.5. The Morgan fingerprint density at radius 1 is 1.65 bits per heavy atom. The van der Waals surface area contributed by atoms with Crippen LogP contribution in [0.25, 0.3) is 0 Å². The predicted molar refractivity (Wildman–Crippen MR) is 64.1 cm³/mol. The molecule has 1 fully saturated rings. The maximum atomic E-state index is 12.5. The van der Waals surface area contributed by atoms with Gasteiger partial charge in [0.1, 0.15) is 5.69 Å². The molecule has 2 N–H and O–H groups in total. The van der Waals surface area contributed by atoms with Crippen LogP contribution >= 0.6 is 0 Å². The smallest absolute Gasteiger partial charge is 0.192 e. The van der Waals surface area contributed by atoms with Gasteiger partial charge in [-0.05, 0) is 19.3 Å². The summed E-state index contributed by atoms with van der Waals surface area (Å²) in [5.41, 5.74) is 5.93. The summed E-state index contributed by atoms with van der Waals surface area (Å²) in [5.74, 6) is 0.644. The molecule has 5 nitrogen and oxygen atoms in total. The van der Waals surface area contributed by atoms with Gasteiger partial charge in [-0.2, -0.15) is 5.10 Å². The minimum atomic E-state index is -0.348. The second-order valence-electron chi connectivity index (χ2n) is 4.60. The van der Waals surface area contributed by atoms with Crippen molar-refractivity contribution in [3.63, 3.8) is 0 Å². The number of rotatable bonds is 6. The molecule has 1 aromatic heterocycles. The van der Waals surface area contributed by atoms with Crippen molar-refractivity contribution in [2.24, 2.45) is 11.1 Å². The minimum Gasteiger partial charge on any atom is -0.493 e. The van der Waals surface area contributed by atoms with Gasteiger partial charge >= 0.3 is 0 Å². The van der Waals surface area contributed by atoms with Crippen LogP contribution in [0, 0.1) is 5.41 Å². The van der Waals surface area contributed by atoms with E-state index in [1.165, 1.54) is 0 Å². The van der Waals surface area contributed by atoms with Crippen molar-refractivity contribution in [1.82, 2.24) is 9.78 Å². The third-order valence-electron chi connectivity index (χ3n) is 3.40. The average molecular weight is 237 g/mol. The molecular weight excluding hydrogens is 218 g/mol. The fourth-order valence-corrected chi connectivity index (χ4v) is 2.05. The first-order chi connectivity index (χ1) is 8.18. The molecule has 0 spiro atoms. The van der Waals surface area contributed by atoms with E-state index in [9.17, 15) is 4.79 Å². The lowest BCUT2D eigenvalue weighted by Gasteiger charge is -2.13. The van der Waals surface area contributed by atoms with Crippen molar-refractivity contribution in [3.8, 4) is 5.75 Å². The molecule has 1 aromatic rings. The number of ether oxygens (including phenoxy) is 1. The van der Waals surface area contributed by atoms with E-state index in [-0.39, 0.29) is 11.2 Å². The van der Waals surface area contributed by atoms with Gasteiger partial charge in [-0.15, -0.1) is 0 Å². The highest BCUT2D eigenvalue weighted by atomic mass is 16.5. The zero-order valence-electron chi connectivity index (χ0n) is 10.4. The van der Waals surface area contributed by atoms with E-state index in [0.29, 0.717) is 18.0 Å². The Hall–Kier alpha value is -1.36. The quantitative estimate of drug-likeness (QED) is 0.755. The molecule has 94 valence electrons. The first kappa shape index (κ1) is 12.1. The average Bonchev–Trinajstić information content (AvgIpc) is 3.05. The van der Waals surface area contributed by atoms with Gasteiger partial charge in [-0.3, -0.25) is 9.48 Å². The first-order valence-corrected chi connectivity index (χ1v) is 6.03. The summed E-state index contributed by atoms with van der Waals surface area (Å²) in [5, 5.41) is 4.20. The minimum absolute atomic E-state index is 0.0859. The third kappa shape index (κ3) is 1.95. The molecule has 0 unspecified atom stereocenters. The highest BCUT2D eigenvalue weighted by Crippen LogP contribution is 2.48. The van der Waals surface area contributed by atoms with Crippen LogP contribution in [-0.2, 0) is 6.54 Å². The molecule has 5 heteroatoms. The zero-order valence-corrected chi connectivity index (χ0v) is 10.4. The lowest BCUT2D eigenvalue weighted by atomic mass is 9.98. The van der Waals surface area contributed by atoms with Crippen LogP contribution in [-0.4, -0.2) is 29.2 Å². The van der Waals surface area contributed by atoms with Gasteiger partial charge < -0.3 is 10.5 Å². The molecule has 0 bridgehead atoms. The Kier molecular flexibility index (Phi) is 3.19. The number of hydrogen-bond acceptors (Lipinski definition) is 4. The van der Waals surface area contributed by atoms with Gasteiger partial charge in [0.05, 0.1) is 13.3 Å². The van der Waals surface area contributed by atoms with E-state index >= 15 is 0 Å². The van der Waals surface area contributed by atoms with Crippen molar-refractivity contribution in [3.05, 3.63) is 11.9 Å². The number of nitrogens with zero attached hydrogens (tertiary/aromatic N) is 2. The standard InChI is InChI=1S/C12H19N3O2/c1-3-6-15-10(9(17-2)7-14-15)11(16)12(8-13)4-5-12/h7H,3-6,8,13H2,1-2H3. The van der Waals surface area contributed by atoms with E-state index in [0.717, 1.165) is 25.8 Å². The van der Waals surface area contributed by atoms with Crippen LogP contribution < -0.4 is 10.5 Å². The fourth-order valence-electron chi connectivity index (χ4n) is 2.05. The number of carbonyl (C=O) groups is 1. The molecule has 0 radical (unpaired) electrons. The Bertz CT molecular complexity index is 421. The summed E-state index contributed by atoms with van der Waals surface area (Å²) in [6.45, 7) is 3.19. The topological polar surface area (TPSA) is 70.1 Å². The van der Waals surface area contributed by atoms with E-state index in [1.54, 1.807) is 18.0 Å². The van der Waals surface area contributed by atoms with E-state index in [4.69, 9.17) is 10.5 Å². The summed E-state index contributed by atoms with van der Waals surface area (Å²) in [4.78, 5) is 12.5. The molecule has 0 aromatic carbocycles. The summed E-state index contributed by atoms with van der Waals surface area (Å²) in [6, 6.07) is 0. The largest absolute Gasteiger partial charge is 0.493 e. The van der Waals surface area contributed by atoms with Crippen molar-refractivity contribution < 1.29 is 9.53 Å². The fraction of sp³-hybridized carbons (Fsp3) is 0.667. The Labute approximate surface area is 101 Å². The number of aromatic nitrogens is 2. The maximum absolute atomic E-state index is 12.5. The molecular formula is C12H19N3O2. The monoisotopic (exact) mass is 237 g/mol. The Morgan fingerprint density at radius 2 is 2.35 bits per heavy atom. The lowest BCUT2D eigenvalue weighted by Crippen LogP contribution is -2.28. The van der Waals surface area contributed by atoms with Crippen LogP contribution in [0.5, 0.6) is 5.75 Å². The van der Waals surface area contributed by atoms with Crippen LogP contribution in [0.3, 0.4) is 0 Å². The molecule has 1 aliphatic carbocycles. The second-order valence-corrected chi connectivity index (χ2v) is 4.60. The molecule has 17 heavy (non-hydrogen) atoms. The van der Waals surface area contributed by atoms with E-state index in [2.05, 4.69) is 12.0 Å². The predicted octanol–water partition coefficient (Wildman–Crippen LogP) is 1.22. The highest BCUT2D eigenvalue weighted by molar-refractivity contribution is 6.03. The molecule has 0 amide bonds. The van der Waals surface area contributed by atoms with Crippen LogP contribution in [0.1, 0.15) is 36.7 Å². The van der Waals surface area contributed by atoms with Crippen molar-refractivity contribution in [2.45, 2.75) is 32.7 Å². The number of aryl methyl sites for hydroxylation is 1. The molecule has 1 heterocycles. The lowest BCUT2D eigenvalue weighted by molar-refractivity contribution is 0.0891. The van der Waals surface area contributed by atoms with Gasteiger partial charge in [0.2, 0.25) is 0 Å². The van der Waals surface area contributed by atoms with Crippen molar-refractivity contribution in [1.29, 1.82) is 0 Å². The van der Waals surface area contributed by atoms with E-state index < -0.39 is 0 Å². The van der Waals surface area contributed by atoms with Gasteiger partial charge in [-0.1, -0.05) is 6.92 Å². The number of Topliss-reactive ketones (excluding diaryl/α,β-unsaturated/α-hetero) is 1. The Morgan fingerprint density at radius 3 is 2.82 bits per heavy atom. The number of nitrogens with two attached hydrogens (primary N) is 1. The van der Waals surface area contributed by atoms with Gasteiger partial charge in [0, 0.05) is 18.5 Å². The number of carbonyl (C=O) groups excluding carboxylic acids is 1. The molecule has 1 saturated carbocycles. The number of hydrogen-bond donors (Lipinski definition) is 1. The van der Waals surface area contributed by atoms with Crippen molar-refractivity contribution in [2.75, 3.05) is 13.7 Å². The molecule has 0 aliphatic heterocycles. The molecule has 2 rings (SSSR count). The van der Waals surface area contributed by atoms with Crippen LogP contribution in [0.2, 0.25) is 0 Å². The van der Waals surface area contributed by atoms with Gasteiger partial charge in [0.25, 0.3) is 0 Å². The van der Waals surface area contributed by atoms with Crippen LogP contribution in [0.4, 0.5) is 0 Å². The normalized spacial score (nSPS) is 16.9. The Balaban J connectivity index is 2.35. The molecule has 0 saturated heterocycles. The van der Waals surface area contributed by atoms with E-state index in [1.807, 2.05) is 0 Å². The molecule has 0 atom stereocenters. The summed E-state index contributed by atoms with van der Waals surface area (Å²) < 4.78 is 6.95. The first-order valence-electron chi connectivity index (χ1n) is 6.03. The number of methoxy groups -OCH3 is 1. The van der Waals surface area contributed by atoms with Gasteiger partial charge in [0.15, 0.2) is 11.5 Å². The maximum Gasteiger partial charge on any atom is 0.192 e. The number of ketones is 1. The highest BCUT2D eigenvalue weighted by Gasteiger charge is 2.50. The van der Waals surface area contributed by atoms with Gasteiger partial charge in [-0.25, -0.2) is 0 Å². The third-order valence-corrected chi connectivity index (χ3v) is 3.40. The van der Waals surface area contributed by atoms with Crippen LogP contribution in [0.15, 0.2) is 6.20 Å². The second kappa shape index (κ2) is 4.49. The van der Waals surface area contributed by atoms with Crippen molar-refractivity contribution >= 4 is 5.78 Å². The summed E-state index contributed by atoms with van der Waals surface area (Å²) in [7, 11) is 1.56. The summed E-state index contributed by atoms with van der Waals surface area (Å²) in [6.07, 6.45) is 4.29. The molecule has 1 aliphatic rings.